The van der Waals surface area contributed by atoms with E-state index in [4.69, 9.17) is 10.5 Å². The molecule has 1 aromatic carbocycles. The summed E-state index contributed by atoms with van der Waals surface area (Å²) in [4.78, 5) is 11.5. The third-order valence-corrected chi connectivity index (χ3v) is 2.48. The fourth-order valence-corrected chi connectivity index (χ4v) is 1.44. The van der Waals surface area contributed by atoms with Crippen molar-refractivity contribution in [1.29, 1.82) is 0 Å². The second-order valence-corrected chi connectivity index (χ2v) is 4.33. The summed E-state index contributed by atoms with van der Waals surface area (Å²) in [5.41, 5.74) is 6.25. The number of halogens is 4. The molecule has 0 bridgehead atoms. The fraction of sp³-hybridized carbons (Fsp3) is 0.462. The Kier molecular flexibility index (Phi) is 8.84. The van der Waals surface area contributed by atoms with Crippen LogP contribution in [0, 0.1) is 0 Å². The van der Waals surface area contributed by atoms with Gasteiger partial charge < -0.3 is 20.5 Å². The highest BCUT2D eigenvalue weighted by Crippen LogP contribution is 2.18. The fourth-order valence-electron chi connectivity index (χ4n) is 1.44. The van der Waals surface area contributed by atoms with Gasteiger partial charge in [0.15, 0.2) is 6.61 Å². The number of hydrogen-bond acceptors (Lipinski definition) is 4. The van der Waals surface area contributed by atoms with E-state index in [1.807, 2.05) is 0 Å². The van der Waals surface area contributed by atoms with Crippen LogP contribution in [0.1, 0.15) is 5.56 Å². The number of methoxy groups -OCH3 is 1. The first-order valence-corrected chi connectivity index (χ1v) is 6.12. The highest BCUT2D eigenvalue weighted by molar-refractivity contribution is 5.85. The third-order valence-electron chi connectivity index (χ3n) is 2.48. The molecule has 0 aliphatic rings. The molecule has 0 saturated carbocycles. The molecule has 22 heavy (non-hydrogen) atoms. The molecule has 0 fully saturated rings. The zero-order chi connectivity index (χ0) is 15.9. The van der Waals surface area contributed by atoms with Crippen LogP contribution in [0.4, 0.5) is 13.2 Å². The zero-order valence-corrected chi connectivity index (χ0v) is 12.7. The van der Waals surface area contributed by atoms with Crippen LogP contribution < -0.4 is 15.8 Å². The molecule has 0 aromatic heterocycles. The van der Waals surface area contributed by atoms with Gasteiger partial charge >= 0.3 is 6.18 Å². The van der Waals surface area contributed by atoms with Gasteiger partial charge in [0.25, 0.3) is 0 Å². The van der Waals surface area contributed by atoms with Gasteiger partial charge in [-0.05, 0) is 17.7 Å². The number of nitrogens with two attached hydrogens (primary N) is 1. The lowest BCUT2D eigenvalue weighted by molar-refractivity contribution is -0.153. The van der Waals surface area contributed by atoms with Crippen molar-refractivity contribution in [3.8, 4) is 5.75 Å². The van der Waals surface area contributed by atoms with Crippen molar-refractivity contribution < 1.29 is 27.4 Å². The minimum Gasteiger partial charge on any atom is -0.484 e. The highest BCUT2D eigenvalue weighted by Gasteiger charge is 2.28. The third kappa shape index (κ3) is 8.06. The van der Waals surface area contributed by atoms with E-state index in [9.17, 15) is 18.0 Å². The van der Waals surface area contributed by atoms with Crippen LogP contribution in [0.5, 0.6) is 5.75 Å². The molecule has 1 rings (SSSR count). The minimum atomic E-state index is -4.37. The number of carbonyl (C=O) groups is 1. The standard InChI is InChI=1S/C13H17F3N2O3.ClH/c1-20-7-11(17)12(19)18-6-9-2-4-10(5-3-9)21-8-13(14,15)16;/h2-5,11H,6-8,17H2,1H3,(H,18,19);1H. The maximum absolute atomic E-state index is 12.0. The normalized spacial score (nSPS) is 12.2. The Morgan fingerprint density at radius 1 is 1.32 bits per heavy atom. The van der Waals surface area contributed by atoms with Gasteiger partial charge in [-0.2, -0.15) is 13.2 Å². The highest BCUT2D eigenvalue weighted by atomic mass is 35.5. The van der Waals surface area contributed by atoms with Crippen molar-refractivity contribution in [1.82, 2.24) is 5.32 Å². The van der Waals surface area contributed by atoms with Crippen LogP contribution in [0.3, 0.4) is 0 Å². The molecule has 0 saturated heterocycles. The molecule has 0 aliphatic carbocycles. The van der Waals surface area contributed by atoms with Gasteiger partial charge in [-0.15, -0.1) is 12.4 Å². The van der Waals surface area contributed by atoms with Crippen molar-refractivity contribution in [3.63, 3.8) is 0 Å². The molecule has 1 amide bonds. The number of benzene rings is 1. The number of ether oxygens (including phenoxy) is 2. The largest absolute Gasteiger partial charge is 0.484 e. The van der Waals surface area contributed by atoms with Gasteiger partial charge in [0.2, 0.25) is 5.91 Å². The smallest absolute Gasteiger partial charge is 0.422 e. The van der Waals surface area contributed by atoms with E-state index >= 15 is 0 Å². The first-order valence-electron chi connectivity index (χ1n) is 6.12. The molecule has 1 unspecified atom stereocenters. The zero-order valence-electron chi connectivity index (χ0n) is 11.9. The van der Waals surface area contributed by atoms with Crippen LogP contribution in [0.15, 0.2) is 24.3 Å². The van der Waals surface area contributed by atoms with Crippen molar-refractivity contribution in [2.45, 2.75) is 18.8 Å². The number of hydrogen-bond donors (Lipinski definition) is 2. The van der Waals surface area contributed by atoms with Gasteiger partial charge in [-0.3, -0.25) is 4.79 Å². The topological polar surface area (TPSA) is 73.6 Å². The molecule has 0 radical (unpaired) electrons. The van der Waals surface area contributed by atoms with E-state index < -0.39 is 18.8 Å². The second kappa shape index (κ2) is 9.50. The molecule has 1 atom stereocenters. The summed E-state index contributed by atoms with van der Waals surface area (Å²) in [5.74, 6) is -0.257. The Labute approximate surface area is 132 Å². The maximum Gasteiger partial charge on any atom is 0.422 e. The molecule has 0 spiro atoms. The number of amides is 1. The maximum atomic E-state index is 12.0. The van der Waals surface area contributed by atoms with Gasteiger partial charge in [-0.1, -0.05) is 12.1 Å². The predicted octanol–water partition coefficient (Wildman–Crippen LogP) is 1.64. The van der Waals surface area contributed by atoms with Crippen LogP contribution in [-0.4, -0.2) is 38.4 Å². The van der Waals surface area contributed by atoms with Crippen molar-refractivity contribution in [2.75, 3.05) is 20.3 Å². The Morgan fingerprint density at radius 3 is 2.41 bits per heavy atom. The van der Waals surface area contributed by atoms with E-state index in [-0.39, 0.29) is 37.2 Å². The average molecular weight is 343 g/mol. The number of carbonyl (C=O) groups excluding carboxylic acids is 1. The average Bonchev–Trinajstić information content (AvgIpc) is 2.43. The Bertz CT molecular complexity index is 455. The summed E-state index contributed by atoms with van der Waals surface area (Å²) in [7, 11) is 1.44. The van der Waals surface area contributed by atoms with Crippen molar-refractivity contribution in [2.24, 2.45) is 5.73 Å². The Hall–Kier alpha value is -1.51. The van der Waals surface area contributed by atoms with Crippen LogP contribution in [-0.2, 0) is 16.1 Å². The number of nitrogens with one attached hydrogen (secondary N) is 1. The van der Waals surface area contributed by atoms with E-state index in [1.165, 1.54) is 19.2 Å². The van der Waals surface area contributed by atoms with E-state index in [0.29, 0.717) is 5.56 Å². The van der Waals surface area contributed by atoms with Gasteiger partial charge in [0.05, 0.1) is 6.61 Å². The molecular formula is C13H18ClF3N2O3. The lowest BCUT2D eigenvalue weighted by atomic mass is 10.2. The number of rotatable bonds is 7. The monoisotopic (exact) mass is 342 g/mol. The van der Waals surface area contributed by atoms with Crippen LogP contribution >= 0.6 is 12.4 Å². The molecule has 5 nitrogen and oxygen atoms in total. The lowest BCUT2D eigenvalue weighted by Crippen LogP contribution is -2.43. The molecule has 0 heterocycles. The molecule has 3 N–H and O–H groups in total. The van der Waals surface area contributed by atoms with Gasteiger partial charge in [0.1, 0.15) is 11.8 Å². The van der Waals surface area contributed by atoms with Crippen molar-refractivity contribution >= 4 is 18.3 Å². The molecule has 1 aromatic rings. The first kappa shape index (κ1) is 20.5. The summed E-state index contributed by atoms with van der Waals surface area (Å²) >= 11 is 0. The summed E-state index contributed by atoms with van der Waals surface area (Å²) in [6.45, 7) is -1.01. The van der Waals surface area contributed by atoms with Gasteiger partial charge in [0, 0.05) is 13.7 Å². The Morgan fingerprint density at radius 2 is 1.91 bits per heavy atom. The van der Waals surface area contributed by atoms with Crippen molar-refractivity contribution in [3.05, 3.63) is 29.8 Å². The summed E-state index contributed by atoms with van der Waals surface area (Å²) < 4.78 is 45.2. The van der Waals surface area contributed by atoms with E-state index in [0.717, 1.165) is 0 Å². The summed E-state index contributed by atoms with van der Waals surface area (Å²) in [6.07, 6.45) is -4.37. The van der Waals surface area contributed by atoms with Gasteiger partial charge in [-0.25, -0.2) is 0 Å². The van der Waals surface area contributed by atoms with E-state index in [2.05, 4.69) is 10.1 Å². The number of alkyl halides is 3. The Balaban J connectivity index is 0.00000441. The van der Waals surface area contributed by atoms with Crippen LogP contribution in [0.2, 0.25) is 0 Å². The summed E-state index contributed by atoms with van der Waals surface area (Å²) in [6, 6.07) is 5.18. The minimum absolute atomic E-state index is 0. The molecular weight excluding hydrogens is 325 g/mol. The van der Waals surface area contributed by atoms with E-state index in [1.54, 1.807) is 12.1 Å². The SMILES string of the molecule is COCC(N)C(=O)NCc1ccc(OCC(F)(F)F)cc1.Cl. The predicted molar refractivity (Wildman–Crippen MR) is 76.9 cm³/mol. The second-order valence-electron chi connectivity index (χ2n) is 4.33. The first-order chi connectivity index (χ1) is 9.81. The molecule has 0 aliphatic heterocycles. The molecule has 126 valence electrons. The lowest BCUT2D eigenvalue weighted by Gasteiger charge is -2.12. The van der Waals surface area contributed by atoms with Crippen LogP contribution in [0.25, 0.3) is 0 Å². The summed E-state index contributed by atoms with van der Waals surface area (Å²) in [5, 5.41) is 2.59. The molecule has 9 heteroatoms. The quantitative estimate of drug-likeness (QED) is 0.790.